The van der Waals surface area contributed by atoms with E-state index in [-0.39, 0.29) is 19.0 Å². The molecule has 0 saturated carbocycles. The number of hydrogen-bond donors (Lipinski definition) is 4. The van der Waals surface area contributed by atoms with Gasteiger partial charge in [0.1, 0.15) is 6.04 Å². The molecule has 6 nitrogen and oxygen atoms in total. The molecule has 1 unspecified atom stereocenters. The molecule has 0 aromatic carbocycles. The Hall–Kier alpha value is -1.30. The summed E-state index contributed by atoms with van der Waals surface area (Å²) in [7, 11) is 1.48. The number of carbonyl (C=O) groups is 2. The molecule has 0 aromatic rings. The minimum Gasteiger partial charge on any atom is -0.480 e. The lowest BCUT2D eigenvalue weighted by Crippen LogP contribution is -2.38. The molecule has 1 atom stereocenters. The molecule has 5 N–H and O–H groups in total. The number of rotatable bonds is 4. The summed E-state index contributed by atoms with van der Waals surface area (Å²) in [5.74, 6) is -1.06. The van der Waals surface area contributed by atoms with Gasteiger partial charge in [0.25, 0.3) is 0 Å². The van der Waals surface area contributed by atoms with E-state index in [1.54, 1.807) is 0 Å². The second-order valence-corrected chi connectivity index (χ2v) is 2.24. The Morgan fingerprint density at radius 3 is 2.58 bits per heavy atom. The lowest BCUT2D eigenvalue weighted by atomic mass is 10.2. The Morgan fingerprint density at radius 1 is 1.58 bits per heavy atom. The van der Waals surface area contributed by atoms with Crippen LogP contribution in [-0.4, -0.2) is 36.7 Å². The van der Waals surface area contributed by atoms with Crippen molar-refractivity contribution in [2.75, 3.05) is 13.6 Å². The average Bonchev–Trinajstić information content (AvgIpc) is 2.03. The van der Waals surface area contributed by atoms with Crippen LogP contribution in [-0.2, 0) is 4.79 Å². The molecule has 6 heteroatoms. The van der Waals surface area contributed by atoms with E-state index in [0.717, 1.165) is 0 Å². The number of carbonyl (C=O) groups excluding carboxylic acids is 1. The quantitative estimate of drug-likeness (QED) is 0.427. The molecule has 0 aliphatic rings. The van der Waals surface area contributed by atoms with Crippen LogP contribution in [0.15, 0.2) is 0 Å². The Bertz CT molecular complexity index is 171. The third-order valence-corrected chi connectivity index (χ3v) is 1.29. The maximum absolute atomic E-state index is 10.6. The third kappa shape index (κ3) is 4.51. The zero-order chi connectivity index (χ0) is 9.56. The molecule has 0 spiro atoms. The third-order valence-electron chi connectivity index (χ3n) is 1.29. The van der Waals surface area contributed by atoms with Gasteiger partial charge in [0.05, 0.1) is 0 Å². The summed E-state index contributed by atoms with van der Waals surface area (Å²) < 4.78 is 0. The van der Waals surface area contributed by atoms with Crippen molar-refractivity contribution < 1.29 is 14.7 Å². The fourth-order valence-electron chi connectivity index (χ4n) is 0.553. The van der Waals surface area contributed by atoms with Gasteiger partial charge in [0, 0.05) is 13.6 Å². The van der Waals surface area contributed by atoms with Crippen LogP contribution in [0.1, 0.15) is 6.42 Å². The first-order valence-electron chi connectivity index (χ1n) is 3.52. The summed E-state index contributed by atoms with van der Waals surface area (Å²) in [6, 6.07) is -1.25. The van der Waals surface area contributed by atoms with E-state index in [1.807, 2.05) is 0 Å². The maximum atomic E-state index is 10.6. The predicted octanol–water partition coefficient (Wildman–Crippen LogP) is -1.28. The minimum absolute atomic E-state index is 0.225. The van der Waals surface area contributed by atoms with Gasteiger partial charge in [-0.05, 0) is 6.42 Å². The fraction of sp³-hybridized carbons (Fsp3) is 0.667. The zero-order valence-electron chi connectivity index (χ0n) is 6.83. The van der Waals surface area contributed by atoms with E-state index in [0.29, 0.717) is 0 Å². The Balaban J connectivity index is 3.43. The molecule has 70 valence electrons. The molecule has 0 aliphatic carbocycles. The number of aliphatic carboxylic acids is 1. The molecule has 0 fully saturated rings. The first-order valence-corrected chi connectivity index (χ1v) is 3.52. The number of hydrogen-bond acceptors (Lipinski definition) is 3. The van der Waals surface area contributed by atoms with Crippen LogP contribution >= 0.6 is 0 Å². The summed E-state index contributed by atoms with van der Waals surface area (Å²) in [6.45, 7) is 0.257. The molecule has 2 amide bonds. The average molecular weight is 175 g/mol. The van der Waals surface area contributed by atoms with Crippen LogP contribution in [0, 0.1) is 0 Å². The zero-order valence-corrected chi connectivity index (χ0v) is 6.83. The Labute approximate surface area is 70.1 Å². The van der Waals surface area contributed by atoms with Crippen LogP contribution < -0.4 is 16.4 Å². The van der Waals surface area contributed by atoms with Gasteiger partial charge in [-0.1, -0.05) is 0 Å². The van der Waals surface area contributed by atoms with Crippen molar-refractivity contribution >= 4 is 12.0 Å². The highest BCUT2D eigenvalue weighted by atomic mass is 16.4. The van der Waals surface area contributed by atoms with Gasteiger partial charge in [-0.15, -0.1) is 0 Å². The molecule has 0 bridgehead atoms. The van der Waals surface area contributed by atoms with Gasteiger partial charge < -0.3 is 21.5 Å². The number of nitrogens with two attached hydrogens (primary N) is 1. The van der Waals surface area contributed by atoms with Crippen molar-refractivity contribution in [3.05, 3.63) is 0 Å². The molecular formula is C6H13N3O3. The Kier molecular flexibility index (Phi) is 4.78. The van der Waals surface area contributed by atoms with Crippen molar-refractivity contribution in [1.29, 1.82) is 0 Å². The monoisotopic (exact) mass is 175 g/mol. The van der Waals surface area contributed by atoms with Crippen LogP contribution in [0.5, 0.6) is 0 Å². The SMILES string of the molecule is CNC(=O)NCCC(N)C(=O)O. The van der Waals surface area contributed by atoms with E-state index in [2.05, 4.69) is 10.6 Å². The van der Waals surface area contributed by atoms with Crippen LogP contribution in [0.4, 0.5) is 4.79 Å². The van der Waals surface area contributed by atoms with Crippen molar-refractivity contribution in [3.8, 4) is 0 Å². The van der Waals surface area contributed by atoms with Crippen molar-refractivity contribution in [3.63, 3.8) is 0 Å². The summed E-state index contributed by atoms with van der Waals surface area (Å²) in [4.78, 5) is 20.7. The fourth-order valence-corrected chi connectivity index (χ4v) is 0.553. The van der Waals surface area contributed by atoms with Crippen molar-refractivity contribution in [2.24, 2.45) is 5.73 Å². The first kappa shape index (κ1) is 10.7. The largest absolute Gasteiger partial charge is 0.480 e. The highest BCUT2D eigenvalue weighted by molar-refractivity contribution is 5.74. The van der Waals surface area contributed by atoms with E-state index in [9.17, 15) is 9.59 Å². The highest BCUT2D eigenvalue weighted by Crippen LogP contribution is 1.85. The van der Waals surface area contributed by atoms with Crippen LogP contribution in [0.3, 0.4) is 0 Å². The number of nitrogens with one attached hydrogen (secondary N) is 2. The number of urea groups is 1. The molecule has 0 heterocycles. The molecule has 0 radical (unpaired) electrons. The van der Waals surface area contributed by atoms with E-state index in [1.165, 1.54) is 7.05 Å². The topological polar surface area (TPSA) is 104 Å². The molecule has 0 aromatic heterocycles. The second-order valence-electron chi connectivity index (χ2n) is 2.24. The minimum atomic E-state index is -1.06. The van der Waals surface area contributed by atoms with Gasteiger partial charge in [0.15, 0.2) is 0 Å². The van der Waals surface area contributed by atoms with Gasteiger partial charge >= 0.3 is 12.0 Å². The van der Waals surface area contributed by atoms with Crippen LogP contribution in [0.25, 0.3) is 0 Å². The van der Waals surface area contributed by atoms with Crippen molar-refractivity contribution in [2.45, 2.75) is 12.5 Å². The van der Waals surface area contributed by atoms with E-state index >= 15 is 0 Å². The predicted molar refractivity (Wildman–Crippen MR) is 42.7 cm³/mol. The van der Waals surface area contributed by atoms with Gasteiger partial charge in [-0.2, -0.15) is 0 Å². The molecule has 0 aliphatic heterocycles. The number of carboxylic acids is 1. The number of amides is 2. The first-order chi connectivity index (χ1) is 5.57. The summed E-state index contributed by atoms with van der Waals surface area (Å²) in [5, 5.41) is 13.1. The van der Waals surface area contributed by atoms with Crippen LogP contribution in [0.2, 0.25) is 0 Å². The standard InChI is InChI=1S/C6H13N3O3/c1-8-6(12)9-3-2-4(7)5(10)11/h4H,2-3,7H2,1H3,(H,10,11)(H2,8,9,12). The molecular weight excluding hydrogens is 162 g/mol. The van der Waals surface area contributed by atoms with Gasteiger partial charge in [0.2, 0.25) is 0 Å². The second kappa shape index (κ2) is 5.36. The summed E-state index contributed by atoms with van der Waals surface area (Å²) >= 11 is 0. The van der Waals surface area contributed by atoms with E-state index in [4.69, 9.17) is 10.8 Å². The lowest BCUT2D eigenvalue weighted by molar-refractivity contribution is -0.138. The maximum Gasteiger partial charge on any atom is 0.320 e. The van der Waals surface area contributed by atoms with Gasteiger partial charge in [-0.25, -0.2) is 4.79 Å². The lowest BCUT2D eigenvalue weighted by Gasteiger charge is -2.06. The number of carboxylic acid groups (broad SMARTS) is 1. The van der Waals surface area contributed by atoms with E-state index < -0.39 is 12.0 Å². The molecule has 0 rings (SSSR count). The molecule has 0 saturated heterocycles. The summed E-state index contributed by atoms with van der Waals surface area (Å²) in [5.41, 5.74) is 5.17. The van der Waals surface area contributed by atoms with Crippen molar-refractivity contribution in [1.82, 2.24) is 10.6 Å². The van der Waals surface area contributed by atoms with Gasteiger partial charge in [-0.3, -0.25) is 4.79 Å². The smallest absolute Gasteiger partial charge is 0.320 e. The Morgan fingerprint density at radius 2 is 2.17 bits per heavy atom. The normalized spacial score (nSPS) is 11.8. The summed E-state index contributed by atoms with van der Waals surface area (Å²) in [6.07, 6.45) is 0.225. The molecule has 12 heavy (non-hydrogen) atoms. The highest BCUT2D eigenvalue weighted by Gasteiger charge is 2.10.